The fraction of sp³-hybridized carbons (Fsp3) is 0.421. The van der Waals surface area contributed by atoms with Crippen LogP contribution in [0.1, 0.15) is 29.7 Å². The Morgan fingerprint density at radius 3 is 2.48 bits per heavy atom. The van der Waals surface area contributed by atoms with E-state index in [1.165, 1.54) is 13.2 Å². The lowest BCUT2D eigenvalue weighted by atomic mass is 10.2. The zero-order valence-corrected chi connectivity index (χ0v) is 16.3. The highest BCUT2D eigenvalue weighted by Crippen LogP contribution is 2.30. The van der Waals surface area contributed by atoms with Crippen molar-refractivity contribution < 1.29 is 18.0 Å². The van der Waals surface area contributed by atoms with Gasteiger partial charge in [-0.25, -0.2) is 0 Å². The number of anilines is 1. The molecule has 0 aliphatic carbocycles. The zero-order chi connectivity index (χ0) is 21.0. The molecule has 1 fully saturated rings. The Kier molecular flexibility index (Phi) is 6.09. The van der Waals surface area contributed by atoms with Crippen LogP contribution in [-0.2, 0) is 31.1 Å². The molecule has 29 heavy (non-hydrogen) atoms. The van der Waals surface area contributed by atoms with Crippen LogP contribution >= 0.6 is 0 Å². The molecule has 3 rings (SSSR count). The number of alkyl halides is 3. The Morgan fingerprint density at radius 2 is 1.90 bits per heavy atom. The number of rotatable bonds is 5. The van der Waals surface area contributed by atoms with Gasteiger partial charge < -0.3 is 15.5 Å². The Hall–Kier alpha value is -3.04. The topological polar surface area (TPSA) is 74.6 Å². The van der Waals surface area contributed by atoms with Gasteiger partial charge in [0.1, 0.15) is 0 Å². The minimum absolute atomic E-state index is 0.0441. The summed E-state index contributed by atoms with van der Waals surface area (Å²) in [6, 6.07) is 7.59. The normalized spacial score (nSPS) is 15.1. The molecular formula is C19H23F3N6O. The van der Waals surface area contributed by atoms with Crippen LogP contribution in [0.25, 0.3) is 0 Å². The zero-order valence-electron chi connectivity index (χ0n) is 16.3. The second kappa shape index (κ2) is 8.54. The highest BCUT2D eigenvalue weighted by Gasteiger charge is 2.36. The Balaban J connectivity index is 1.55. The van der Waals surface area contributed by atoms with E-state index in [9.17, 15) is 18.0 Å². The molecule has 1 aliphatic rings. The third-order valence-corrected chi connectivity index (χ3v) is 4.62. The molecule has 0 radical (unpaired) electrons. The lowest BCUT2D eigenvalue weighted by Crippen LogP contribution is -2.36. The first kappa shape index (κ1) is 20.7. The number of carbonyl (C=O) groups excluding carboxylic acids is 1. The third kappa shape index (κ3) is 5.07. The van der Waals surface area contributed by atoms with E-state index in [4.69, 9.17) is 0 Å². The lowest BCUT2D eigenvalue weighted by molar-refractivity contribution is -0.142. The molecule has 0 atom stereocenters. The number of aryl methyl sites for hydroxylation is 1. The van der Waals surface area contributed by atoms with Gasteiger partial charge in [0.15, 0.2) is 11.7 Å². The summed E-state index contributed by atoms with van der Waals surface area (Å²) in [6.45, 7) is 1.12. The Morgan fingerprint density at radius 1 is 1.21 bits per heavy atom. The van der Waals surface area contributed by atoms with Gasteiger partial charge >= 0.3 is 6.18 Å². The standard InChI is InChI=1S/C19H23F3N6O/c1-23-18(25-11-14-12-27(2)26-17(14)19(20,21)22)24-10-13-5-7-15(8-6-13)28-9-3-4-16(28)29/h5-8,12H,3-4,9-11H2,1-2H3,(H2,23,24,25). The summed E-state index contributed by atoms with van der Waals surface area (Å²) < 4.78 is 40.2. The Labute approximate surface area is 166 Å². The van der Waals surface area contributed by atoms with Crippen molar-refractivity contribution in [3.8, 4) is 0 Å². The smallest absolute Gasteiger partial charge is 0.352 e. The number of amides is 1. The minimum atomic E-state index is -4.51. The van der Waals surface area contributed by atoms with Gasteiger partial charge in [-0.15, -0.1) is 0 Å². The molecule has 10 heteroatoms. The fourth-order valence-electron chi connectivity index (χ4n) is 3.21. The number of hydrogen-bond donors (Lipinski definition) is 2. The maximum absolute atomic E-state index is 13.0. The quantitative estimate of drug-likeness (QED) is 0.589. The summed E-state index contributed by atoms with van der Waals surface area (Å²) in [5, 5.41) is 9.43. The van der Waals surface area contributed by atoms with E-state index in [1.54, 1.807) is 11.9 Å². The summed E-state index contributed by atoms with van der Waals surface area (Å²) in [6.07, 6.45) is -1.72. The van der Waals surface area contributed by atoms with Crippen LogP contribution in [0.4, 0.5) is 18.9 Å². The molecule has 1 saturated heterocycles. The van der Waals surface area contributed by atoms with Gasteiger partial charge in [0, 0.05) is 57.6 Å². The van der Waals surface area contributed by atoms with Gasteiger partial charge in [0.25, 0.3) is 0 Å². The SMILES string of the molecule is CN=C(NCc1ccc(N2CCCC2=O)cc1)NCc1cn(C)nc1C(F)(F)F. The number of aromatic nitrogens is 2. The van der Waals surface area contributed by atoms with E-state index in [1.807, 2.05) is 24.3 Å². The van der Waals surface area contributed by atoms with Crippen molar-refractivity contribution in [1.29, 1.82) is 0 Å². The van der Waals surface area contributed by atoms with Gasteiger partial charge in [-0.3, -0.25) is 14.5 Å². The van der Waals surface area contributed by atoms with Crippen molar-refractivity contribution in [2.24, 2.45) is 12.0 Å². The van der Waals surface area contributed by atoms with Crippen LogP contribution in [0.2, 0.25) is 0 Å². The fourth-order valence-corrected chi connectivity index (χ4v) is 3.21. The van der Waals surface area contributed by atoms with Crippen molar-refractivity contribution in [3.63, 3.8) is 0 Å². The first-order chi connectivity index (χ1) is 13.8. The first-order valence-corrected chi connectivity index (χ1v) is 9.21. The molecule has 2 aromatic rings. The summed E-state index contributed by atoms with van der Waals surface area (Å²) in [5.74, 6) is 0.509. The lowest BCUT2D eigenvalue weighted by Gasteiger charge is -2.16. The third-order valence-electron chi connectivity index (χ3n) is 4.62. The van der Waals surface area contributed by atoms with E-state index in [0.29, 0.717) is 18.9 Å². The van der Waals surface area contributed by atoms with Crippen molar-refractivity contribution in [2.75, 3.05) is 18.5 Å². The molecule has 0 saturated carbocycles. The average molecular weight is 408 g/mol. The number of nitrogens with one attached hydrogen (secondary N) is 2. The molecule has 7 nitrogen and oxygen atoms in total. The number of benzene rings is 1. The molecule has 1 amide bonds. The second-order valence-corrected chi connectivity index (χ2v) is 6.77. The molecule has 0 bridgehead atoms. The minimum Gasteiger partial charge on any atom is -0.352 e. The number of hydrogen-bond acceptors (Lipinski definition) is 3. The van der Waals surface area contributed by atoms with Crippen molar-refractivity contribution in [1.82, 2.24) is 20.4 Å². The van der Waals surface area contributed by atoms with Gasteiger partial charge in [-0.05, 0) is 24.1 Å². The molecule has 0 unspecified atom stereocenters. The molecule has 1 aromatic carbocycles. The average Bonchev–Trinajstić information content (AvgIpc) is 3.27. The van der Waals surface area contributed by atoms with Crippen molar-refractivity contribution in [2.45, 2.75) is 32.1 Å². The van der Waals surface area contributed by atoms with Crippen LogP contribution < -0.4 is 15.5 Å². The van der Waals surface area contributed by atoms with E-state index in [2.05, 4.69) is 20.7 Å². The van der Waals surface area contributed by atoms with Gasteiger partial charge in [-0.2, -0.15) is 18.3 Å². The van der Waals surface area contributed by atoms with Crippen LogP contribution in [0, 0.1) is 0 Å². The molecule has 0 spiro atoms. The van der Waals surface area contributed by atoms with Crippen LogP contribution in [0.15, 0.2) is 35.5 Å². The summed E-state index contributed by atoms with van der Waals surface area (Å²) in [4.78, 5) is 17.6. The largest absolute Gasteiger partial charge is 0.435 e. The van der Waals surface area contributed by atoms with E-state index < -0.39 is 11.9 Å². The summed E-state index contributed by atoms with van der Waals surface area (Å²) >= 11 is 0. The molecule has 2 heterocycles. The van der Waals surface area contributed by atoms with Crippen molar-refractivity contribution in [3.05, 3.63) is 47.3 Å². The number of carbonyl (C=O) groups is 1. The van der Waals surface area contributed by atoms with Crippen molar-refractivity contribution >= 4 is 17.6 Å². The molecule has 2 N–H and O–H groups in total. The molecular weight excluding hydrogens is 385 g/mol. The number of halogens is 3. The van der Waals surface area contributed by atoms with Gasteiger partial charge in [0.05, 0.1) is 0 Å². The maximum Gasteiger partial charge on any atom is 0.435 e. The van der Waals surface area contributed by atoms with E-state index in [0.717, 1.165) is 28.9 Å². The van der Waals surface area contributed by atoms with E-state index in [-0.39, 0.29) is 18.0 Å². The predicted molar refractivity (Wildman–Crippen MR) is 103 cm³/mol. The van der Waals surface area contributed by atoms with Gasteiger partial charge in [0.2, 0.25) is 5.91 Å². The van der Waals surface area contributed by atoms with Crippen LogP contribution in [-0.4, -0.2) is 35.2 Å². The number of aliphatic imine (C=N–C) groups is 1. The predicted octanol–water partition coefficient (Wildman–Crippen LogP) is 2.43. The number of guanidine groups is 1. The molecule has 156 valence electrons. The molecule has 1 aliphatic heterocycles. The van der Waals surface area contributed by atoms with Crippen LogP contribution in [0.5, 0.6) is 0 Å². The number of nitrogens with zero attached hydrogens (tertiary/aromatic N) is 4. The Bertz CT molecular complexity index is 888. The summed E-state index contributed by atoms with van der Waals surface area (Å²) in [7, 11) is 3.00. The highest BCUT2D eigenvalue weighted by atomic mass is 19.4. The first-order valence-electron chi connectivity index (χ1n) is 9.21. The summed E-state index contributed by atoms with van der Waals surface area (Å²) in [5.41, 5.74) is 0.966. The monoisotopic (exact) mass is 408 g/mol. The highest BCUT2D eigenvalue weighted by molar-refractivity contribution is 5.95. The molecule has 1 aromatic heterocycles. The van der Waals surface area contributed by atoms with Gasteiger partial charge in [-0.1, -0.05) is 12.1 Å². The second-order valence-electron chi connectivity index (χ2n) is 6.77. The van der Waals surface area contributed by atoms with Crippen LogP contribution in [0.3, 0.4) is 0 Å². The maximum atomic E-state index is 13.0. The van der Waals surface area contributed by atoms with E-state index >= 15 is 0 Å².